The van der Waals surface area contributed by atoms with Crippen LogP contribution in [0.4, 0.5) is 0 Å². The molecule has 0 bridgehead atoms. The first-order valence-corrected chi connectivity index (χ1v) is 6.49. The number of nitrogens with zero attached hydrogens (tertiary/aromatic N) is 1. The second-order valence-corrected chi connectivity index (χ2v) is 5.13. The summed E-state index contributed by atoms with van der Waals surface area (Å²) in [6.45, 7) is 2.75. The summed E-state index contributed by atoms with van der Waals surface area (Å²) >= 11 is 0. The van der Waals surface area contributed by atoms with Crippen LogP contribution in [0.15, 0.2) is 24.3 Å². The highest BCUT2D eigenvalue weighted by Crippen LogP contribution is 2.29. The van der Waals surface area contributed by atoms with Crippen LogP contribution in [-0.2, 0) is 18.4 Å². The number of benzene rings is 1. The second kappa shape index (κ2) is 4.16. The van der Waals surface area contributed by atoms with Gasteiger partial charge in [-0.05, 0) is 31.4 Å². The highest BCUT2D eigenvalue weighted by Gasteiger charge is 2.29. The summed E-state index contributed by atoms with van der Waals surface area (Å²) in [6.07, 6.45) is 2.11. The number of aromatic nitrogens is 1. The summed E-state index contributed by atoms with van der Waals surface area (Å²) in [7, 11) is 2.07. The van der Waals surface area contributed by atoms with E-state index in [1.165, 1.54) is 22.2 Å². The van der Waals surface area contributed by atoms with Crippen LogP contribution in [0.5, 0.6) is 0 Å². The van der Waals surface area contributed by atoms with E-state index in [0.29, 0.717) is 6.54 Å². The van der Waals surface area contributed by atoms with Crippen molar-refractivity contribution in [3.05, 3.63) is 35.5 Å². The molecule has 1 saturated carbocycles. The fraction of sp³-hybridized carbons (Fsp3) is 0.400. The molecule has 0 radical (unpaired) electrons. The van der Waals surface area contributed by atoms with E-state index in [0.717, 1.165) is 12.8 Å². The Hall–Kier alpha value is -1.77. The van der Waals surface area contributed by atoms with Crippen molar-refractivity contribution in [3.8, 4) is 0 Å². The van der Waals surface area contributed by atoms with Gasteiger partial charge in [-0.1, -0.05) is 18.2 Å². The lowest BCUT2D eigenvalue weighted by atomic mass is 10.1. The largest absolute Gasteiger partial charge is 0.352 e. The number of rotatable bonds is 3. The molecule has 0 saturated heterocycles. The van der Waals surface area contributed by atoms with Crippen LogP contribution < -0.4 is 5.32 Å². The monoisotopic (exact) mass is 242 g/mol. The zero-order chi connectivity index (χ0) is 12.7. The maximum atomic E-state index is 11.7. The predicted octanol–water partition coefficient (Wildman–Crippen LogP) is 2.51. The van der Waals surface area contributed by atoms with Crippen molar-refractivity contribution in [2.24, 2.45) is 13.0 Å². The first kappa shape index (κ1) is 11.3. The quantitative estimate of drug-likeness (QED) is 0.881. The van der Waals surface area contributed by atoms with Crippen LogP contribution in [0.25, 0.3) is 10.9 Å². The van der Waals surface area contributed by atoms with Gasteiger partial charge in [0.1, 0.15) is 0 Å². The molecule has 1 heterocycles. The zero-order valence-corrected chi connectivity index (χ0v) is 10.9. The van der Waals surface area contributed by atoms with Crippen molar-refractivity contribution in [2.75, 3.05) is 0 Å². The van der Waals surface area contributed by atoms with Crippen molar-refractivity contribution < 1.29 is 4.79 Å². The maximum Gasteiger partial charge on any atom is 0.223 e. The minimum Gasteiger partial charge on any atom is -0.352 e. The average Bonchev–Trinajstić information content (AvgIpc) is 3.19. The number of amides is 1. The fourth-order valence-corrected chi connectivity index (χ4v) is 2.49. The van der Waals surface area contributed by atoms with E-state index >= 15 is 0 Å². The van der Waals surface area contributed by atoms with Gasteiger partial charge in [0.05, 0.1) is 0 Å². The molecule has 1 aliphatic carbocycles. The number of fused-ring (bicyclic) bond motifs is 1. The lowest BCUT2D eigenvalue weighted by molar-refractivity contribution is -0.122. The molecular weight excluding hydrogens is 224 g/mol. The van der Waals surface area contributed by atoms with Crippen molar-refractivity contribution in [1.82, 2.24) is 9.88 Å². The zero-order valence-electron chi connectivity index (χ0n) is 10.9. The number of aryl methyl sites for hydroxylation is 1. The lowest BCUT2D eigenvalue weighted by Crippen LogP contribution is -2.24. The number of hydrogen-bond acceptors (Lipinski definition) is 1. The molecule has 3 rings (SSSR count). The molecule has 1 fully saturated rings. The molecule has 1 aromatic heterocycles. The Kier molecular flexibility index (Phi) is 2.62. The van der Waals surface area contributed by atoms with Gasteiger partial charge in [0.2, 0.25) is 5.91 Å². The number of para-hydroxylation sites is 1. The summed E-state index contributed by atoms with van der Waals surface area (Å²) in [5.41, 5.74) is 3.69. The summed E-state index contributed by atoms with van der Waals surface area (Å²) in [5.74, 6) is 0.489. The predicted molar refractivity (Wildman–Crippen MR) is 72.2 cm³/mol. The van der Waals surface area contributed by atoms with E-state index in [4.69, 9.17) is 0 Å². The van der Waals surface area contributed by atoms with Gasteiger partial charge in [0.15, 0.2) is 0 Å². The maximum absolute atomic E-state index is 11.7. The molecule has 3 nitrogen and oxygen atoms in total. The van der Waals surface area contributed by atoms with Crippen LogP contribution in [-0.4, -0.2) is 10.5 Å². The second-order valence-electron chi connectivity index (χ2n) is 5.13. The molecule has 1 aliphatic rings. The minimum atomic E-state index is 0.210. The Bertz CT molecular complexity index is 608. The van der Waals surface area contributed by atoms with Gasteiger partial charge in [0, 0.05) is 36.1 Å². The average molecular weight is 242 g/mol. The van der Waals surface area contributed by atoms with Gasteiger partial charge in [-0.15, -0.1) is 0 Å². The van der Waals surface area contributed by atoms with Gasteiger partial charge >= 0.3 is 0 Å². The standard InChI is InChI=1S/C15H18N2O/c1-10-13(9-16-15(18)11-7-8-11)12-5-3-4-6-14(12)17(10)2/h3-6,11H,7-9H2,1-2H3,(H,16,18). The van der Waals surface area contributed by atoms with Crippen molar-refractivity contribution >= 4 is 16.8 Å². The van der Waals surface area contributed by atoms with E-state index in [1.807, 2.05) is 12.1 Å². The normalized spacial score (nSPS) is 15.0. The SMILES string of the molecule is Cc1c(CNC(=O)C2CC2)c2ccccc2n1C. The van der Waals surface area contributed by atoms with E-state index < -0.39 is 0 Å². The molecule has 0 atom stereocenters. The summed E-state index contributed by atoms with van der Waals surface area (Å²) in [5, 5.41) is 4.30. The van der Waals surface area contributed by atoms with Crippen molar-refractivity contribution in [3.63, 3.8) is 0 Å². The third-order valence-corrected chi connectivity index (χ3v) is 3.92. The number of carbonyl (C=O) groups is 1. The Morgan fingerprint density at radius 3 is 2.83 bits per heavy atom. The van der Waals surface area contributed by atoms with Gasteiger partial charge < -0.3 is 9.88 Å². The molecule has 1 amide bonds. The molecule has 94 valence electrons. The van der Waals surface area contributed by atoms with E-state index in [9.17, 15) is 4.79 Å². The molecule has 2 aromatic rings. The highest BCUT2D eigenvalue weighted by molar-refractivity contribution is 5.86. The Balaban J connectivity index is 1.90. The van der Waals surface area contributed by atoms with Crippen molar-refractivity contribution in [2.45, 2.75) is 26.3 Å². The van der Waals surface area contributed by atoms with Crippen LogP contribution in [0.2, 0.25) is 0 Å². The smallest absolute Gasteiger partial charge is 0.223 e. The third kappa shape index (κ3) is 1.80. The first-order valence-electron chi connectivity index (χ1n) is 6.49. The molecule has 1 aromatic carbocycles. The van der Waals surface area contributed by atoms with Crippen LogP contribution in [0.3, 0.4) is 0 Å². The van der Waals surface area contributed by atoms with Crippen LogP contribution >= 0.6 is 0 Å². The molecular formula is C15H18N2O. The van der Waals surface area contributed by atoms with Gasteiger partial charge in [-0.3, -0.25) is 4.79 Å². The molecule has 18 heavy (non-hydrogen) atoms. The summed E-state index contributed by atoms with van der Waals surface area (Å²) in [4.78, 5) is 11.7. The van der Waals surface area contributed by atoms with Gasteiger partial charge in [-0.25, -0.2) is 0 Å². The lowest BCUT2D eigenvalue weighted by Gasteiger charge is -2.05. The minimum absolute atomic E-state index is 0.210. The van der Waals surface area contributed by atoms with Crippen LogP contribution in [0.1, 0.15) is 24.1 Å². The highest BCUT2D eigenvalue weighted by atomic mass is 16.2. The Morgan fingerprint density at radius 1 is 1.39 bits per heavy atom. The molecule has 0 spiro atoms. The fourth-order valence-electron chi connectivity index (χ4n) is 2.49. The number of nitrogens with one attached hydrogen (secondary N) is 1. The Labute approximate surface area is 107 Å². The van der Waals surface area contributed by atoms with Crippen molar-refractivity contribution in [1.29, 1.82) is 0 Å². The van der Waals surface area contributed by atoms with Gasteiger partial charge in [0.25, 0.3) is 0 Å². The first-order chi connectivity index (χ1) is 8.68. The molecule has 0 aliphatic heterocycles. The topological polar surface area (TPSA) is 34.0 Å². The summed E-state index contributed by atoms with van der Waals surface area (Å²) < 4.78 is 2.19. The number of carbonyl (C=O) groups excluding carboxylic acids is 1. The summed E-state index contributed by atoms with van der Waals surface area (Å²) in [6, 6.07) is 8.35. The van der Waals surface area contributed by atoms with E-state index in [1.54, 1.807) is 0 Å². The molecule has 0 unspecified atom stereocenters. The van der Waals surface area contributed by atoms with Crippen LogP contribution in [0, 0.1) is 12.8 Å². The third-order valence-electron chi connectivity index (χ3n) is 3.92. The number of hydrogen-bond donors (Lipinski definition) is 1. The molecule has 3 heteroatoms. The molecule has 1 N–H and O–H groups in total. The van der Waals surface area contributed by atoms with E-state index in [2.05, 4.69) is 36.0 Å². The van der Waals surface area contributed by atoms with E-state index in [-0.39, 0.29) is 11.8 Å². The van der Waals surface area contributed by atoms with Gasteiger partial charge in [-0.2, -0.15) is 0 Å². The Morgan fingerprint density at radius 2 is 2.11 bits per heavy atom.